The average molecular weight is 427 g/mol. The van der Waals surface area contributed by atoms with E-state index in [1.165, 1.54) is 97.0 Å². The second kappa shape index (κ2) is 16.8. The van der Waals surface area contributed by atoms with Crippen molar-refractivity contribution < 1.29 is 17.6 Å². The maximum Gasteiger partial charge on any atom is 0.323 e. The van der Waals surface area contributed by atoms with Gasteiger partial charge < -0.3 is 0 Å². The first kappa shape index (κ1) is 26.1. The third kappa shape index (κ3) is 13.1. The van der Waals surface area contributed by atoms with Crippen molar-refractivity contribution in [3.05, 3.63) is 29.8 Å². The molecular formula is C24H42O4S. The van der Waals surface area contributed by atoms with Gasteiger partial charge in [0.15, 0.2) is 0 Å². The lowest BCUT2D eigenvalue weighted by Crippen LogP contribution is -2.05. The molecule has 1 aromatic carbocycles. The second-order valence-corrected chi connectivity index (χ2v) is 9.55. The monoisotopic (exact) mass is 426 g/mol. The van der Waals surface area contributed by atoms with Gasteiger partial charge in [0.05, 0.1) is 12.0 Å². The Morgan fingerprint density at radius 3 is 1.48 bits per heavy atom. The quantitative estimate of drug-likeness (QED) is 0.132. The van der Waals surface area contributed by atoms with E-state index in [9.17, 15) is 8.42 Å². The number of benzene rings is 1. The van der Waals surface area contributed by atoms with E-state index in [0.717, 1.165) is 18.4 Å². The van der Waals surface area contributed by atoms with E-state index in [4.69, 9.17) is 0 Å². The van der Waals surface area contributed by atoms with Gasteiger partial charge in [-0.1, -0.05) is 109 Å². The molecule has 0 atom stereocenters. The van der Waals surface area contributed by atoms with Crippen LogP contribution >= 0.6 is 0 Å². The molecule has 0 aliphatic carbocycles. The van der Waals surface area contributed by atoms with Crippen LogP contribution in [0.4, 0.5) is 0 Å². The van der Waals surface area contributed by atoms with Crippen molar-refractivity contribution in [2.45, 2.75) is 115 Å². The normalized spacial score (nSPS) is 11.8. The molecule has 0 bridgehead atoms. The molecule has 0 saturated carbocycles. The third-order valence-electron chi connectivity index (χ3n) is 5.44. The minimum Gasteiger partial charge on any atom is -0.223 e. The lowest BCUT2D eigenvalue weighted by molar-refractivity contribution is -0.172. The first-order chi connectivity index (χ1) is 14.1. The van der Waals surface area contributed by atoms with Crippen LogP contribution in [-0.2, 0) is 25.8 Å². The molecule has 0 fully saturated rings. The molecule has 5 heteroatoms. The van der Waals surface area contributed by atoms with E-state index in [0.29, 0.717) is 0 Å². The van der Waals surface area contributed by atoms with Gasteiger partial charge in [-0.05, 0) is 30.5 Å². The molecule has 168 valence electrons. The SMILES string of the molecule is CCCCCCCCCCCCCCCCCc1ccc(S(=O)(=O)OOC)cc1. The van der Waals surface area contributed by atoms with Gasteiger partial charge in [-0.15, -0.1) is 4.33 Å². The zero-order valence-electron chi connectivity index (χ0n) is 18.7. The maximum atomic E-state index is 11.7. The highest BCUT2D eigenvalue weighted by molar-refractivity contribution is 7.86. The molecule has 29 heavy (non-hydrogen) atoms. The highest BCUT2D eigenvalue weighted by Gasteiger charge is 2.15. The molecule has 0 unspecified atom stereocenters. The summed E-state index contributed by atoms with van der Waals surface area (Å²) in [5.41, 5.74) is 1.16. The van der Waals surface area contributed by atoms with Crippen LogP contribution in [0.3, 0.4) is 0 Å². The molecular weight excluding hydrogens is 384 g/mol. The van der Waals surface area contributed by atoms with Crippen molar-refractivity contribution >= 4 is 10.1 Å². The molecule has 0 saturated heterocycles. The molecule has 0 amide bonds. The molecule has 0 spiro atoms. The molecule has 1 aromatic rings. The number of hydrogen-bond donors (Lipinski definition) is 0. The van der Waals surface area contributed by atoms with Crippen molar-refractivity contribution in [3.8, 4) is 0 Å². The van der Waals surface area contributed by atoms with Crippen molar-refractivity contribution in [1.82, 2.24) is 0 Å². The van der Waals surface area contributed by atoms with Crippen LogP contribution in [0.1, 0.15) is 109 Å². The topological polar surface area (TPSA) is 52.6 Å². The van der Waals surface area contributed by atoms with Gasteiger partial charge in [0.2, 0.25) is 0 Å². The predicted octanol–water partition coefficient (Wildman–Crippen LogP) is 7.37. The lowest BCUT2D eigenvalue weighted by Gasteiger charge is -2.05. The van der Waals surface area contributed by atoms with Gasteiger partial charge in [0.1, 0.15) is 0 Å². The molecule has 0 heterocycles. The lowest BCUT2D eigenvalue weighted by atomic mass is 10.0. The Balaban J connectivity index is 1.95. The summed E-state index contributed by atoms with van der Waals surface area (Å²) >= 11 is 0. The van der Waals surface area contributed by atoms with Gasteiger partial charge in [0.25, 0.3) is 0 Å². The van der Waals surface area contributed by atoms with Gasteiger partial charge in [-0.3, -0.25) is 0 Å². The van der Waals surface area contributed by atoms with Crippen LogP contribution in [0.5, 0.6) is 0 Å². The van der Waals surface area contributed by atoms with E-state index in [1.54, 1.807) is 12.1 Å². The van der Waals surface area contributed by atoms with Gasteiger partial charge in [-0.2, -0.15) is 8.42 Å². The molecule has 4 nitrogen and oxygen atoms in total. The third-order valence-corrected chi connectivity index (χ3v) is 6.60. The first-order valence-corrected chi connectivity index (χ1v) is 13.1. The van der Waals surface area contributed by atoms with E-state index >= 15 is 0 Å². The fourth-order valence-corrected chi connectivity index (χ4v) is 4.38. The number of aryl methyl sites for hydroxylation is 1. The summed E-state index contributed by atoms with van der Waals surface area (Å²) in [7, 11) is -2.62. The fourth-order valence-electron chi connectivity index (χ4n) is 3.65. The molecule has 0 aliphatic rings. The molecule has 0 aromatic heterocycles. The van der Waals surface area contributed by atoms with Gasteiger partial charge in [-0.25, -0.2) is 4.89 Å². The molecule has 1 rings (SSSR count). The number of hydrogen-bond acceptors (Lipinski definition) is 4. The van der Waals surface area contributed by atoms with E-state index in [2.05, 4.69) is 16.1 Å². The maximum absolute atomic E-state index is 11.7. The average Bonchev–Trinajstić information content (AvgIpc) is 2.71. The van der Waals surface area contributed by atoms with Gasteiger partial charge >= 0.3 is 10.1 Å². The Hall–Kier alpha value is -0.910. The van der Waals surface area contributed by atoms with Crippen LogP contribution in [0.2, 0.25) is 0 Å². The van der Waals surface area contributed by atoms with Crippen LogP contribution in [-0.4, -0.2) is 15.5 Å². The smallest absolute Gasteiger partial charge is 0.223 e. The Kier molecular flexibility index (Phi) is 15.2. The summed E-state index contributed by atoms with van der Waals surface area (Å²) in [6.07, 6.45) is 21.4. The largest absolute Gasteiger partial charge is 0.323 e. The van der Waals surface area contributed by atoms with Gasteiger partial charge in [0, 0.05) is 0 Å². The van der Waals surface area contributed by atoms with Crippen LogP contribution in [0.25, 0.3) is 0 Å². The minimum atomic E-state index is -3.80. The van der Waals surface area contributed by atoms with Crippen LogP contribution in [0, 0.1) is 0 Å². The van der Waals surface area contributed by atoms with Crippen molar-refractivity contribution in [3.63, 3.8) is 0 Å². The summed E-state index contributed by atoms with van der Waals surface area (Å²) in [4.78, 5) is 4.39. The zero-order chi connectivity index (χ0) is 21.2. The Labute approximate surface area is 179 Å². The summed E-state index contributed by atoms with van der Waals surface area (Å²) in [6.45, 7) is 2.27. The van der Waals surface area contributed by atoms with Crippen LogP contribution < -0.4 is 0 Å². The zero-order valence-corrected chi connectivity index (χ0v) is 19.5. The summed E-state index contributed by atoms with van der Waals surface area (Å²) in [5, 5.41) is 0. The standard InChI is InChI=1S/C24H42O4S/c1-3-4-5-6-7-8-9-10-11-12-13-14-15-16-17-18-23-19-21-24(22-20-23)29(25,26)28-27-2/h19-22H,3-18H2,1-2H3. The Bertz CT molecular complexity index is 596. The van der Waals surface area contributed by atoms with Crippen molar-refractivity contribution in [2.75, 3.05) is 7.11 Å². The fraction of sp³-hybridized carbons (Fsp3) is 0.750. The summed E-state index contributed by atoms with van der Waals surface area (Å²) in [6, 6.07) is 6.87. The van der Waals surface area contributed by atoms with Crippen molar-refractivity contribution in [1.29, 1.82) is 0 Å². The predicted molar refractivity (Wildman–Crippen MR) is 120 cm³/mol. The highest BCUT2D eigenvalue weighted by atomic mass is 32.2. The summed E-state index contributed by atoms with van der Waals surface area (Å²) in [5.74, 6) is 0. The van der Waals surface area contributed by atoms with Crippen LogP contribution in [0.15, 0.2) is 29.2 Å². The Morgan fingerprint density at radius 2 is 1.07 bits per heavy atom. The second-order valence-electron chi connectivity index (χ2n) is 8.03. The van der Waals surface area contributed by atoms with E-state index in [1.807, 2.05) is 12.1 Å². The molecule has 0 aliphatic heterocycles. The minimum absolute atomic E-state index is 0.125. The van der Waals surface area contributed by atoms with E-state index in [-0.39, 0.29) is 4.90 Å². The molecule has 0 radical (unpaired) electrons. The number of rotatable bonds is 19. The van der Waals surface area contributed by atoms with E-state index < -0.39 is 10.1 Å². The first-order valence-electron chi connectivity index (χ1n) is 11.7. The number of unbranched alkanes of at least 4 members (excludes halogenated alkanes) is 14. The van der Waals surface area contributed by atoms with Crippen molar-refractivity contribution in [2.24, 2.45) is 0 Å². The summed E-state index contributed by atoms with van der Waals surface area (Å²) < 4.78 is 27.7. The molecule has 0 N–H and O–H groups in total. The Morgan fingerprint density at radius 1 is 0.655 bits per heavy atom. The highest BCUT2D eigenvalue weighted by Crippen LogP contribution is 2.16.